The maximum Gasteiger partial charge on any atom is -0.0627 e. The largest absolute Gasteiger partial charge is 0.180 e. The fourth-order valence-electron chi connectivity index (χ4n) is 0.361. The molecule has 1 aliphatic carbocycles. The highest BCUT2D eigenvalue weighted by atomic mass is 14.0. The molecule has 0 radical (unpaired) electrons. The van der Waals surface area contributed by atoms with E-state index in [2.05, 4.69) is 19.9 Å². The Labute approximate surface area is 38.2 Å². The summed E-state index contributed by atoms with van der Waals surface area (Å²) < 4.78 is 0. The van der Waals surface area contributed by atoms with E-state index in [9.17, 15) is 0 Å². The van der Waals surface area contributed by atoms with Crippen molar-refractivity contribution in [1.82, 2.24) is 0 Å². The highest BCUT2D eigenvalue weighted by Gasteiger charge is 1.84. The van der Waals surface area contributed by atoms with Gasteiger partial charge in [-0.25, -0.2) is 0 Å². The second kappa shape index (κ2) is 0.970. The van der Waals surface area contributed by atoms with E-state index >= 15 is 0 Å². The summed E-state index contributed by atoms with van der Waals surface area (Å²) in [5.74, 6) is 0. The molecule has 0 atom stereocenters. The second-order valence-electron chi connectivity index (χ2n) is 1.60. The third kappa shape index (κ3) is 0.298. The lowest BCUT2D eigenvalue weighted by molar-refractivity contribution is 1.27. The van der Waals surface area contributed by atoms with Crippen LogP contribution in [0.25, 0.3) is 0 Å². The van der Waals surface area contributed by atoms with E-state index in [1.165, 1.54) is 11.1 Å². The number of allylic oxidation sites excluding steroid dienone is 4. The molecule has 0 amide bonds. The van der Waals surface area contributed by atoms with Crippen LogP contribution in [-0.2, 0) is 0 Å². The van der Waals surface area contributed by atoms with Gasteiger partial charge in [-0.2, -0.15) is 23.3 Å². The quantitative estimate of drug-likeness (QED) is 0.388. The van der Waals surface area contributed by atoms with Crippen molar-refractivity contribution in [1.29, 1.82) is 0 Å². The van der Waals surface area contributed by atoms with Crippen molar-refractivity contribution in [2.24, 2.45) is 0 Å². The van der Waals surface area contributed by atoms with E-state index in [0.29, 0.717) is 0 Å². The van der Waals surface area contributed by atoms with Crippen LogP contribution in [0.2, 0.25) is 0 Å². The van der Waals surface area contributed by atoms with Gasteiger partial charge in [0.05, 0.1) is 0 Å². The zero-order chi connectivity index (χ0) is 4.57. The van der Waals surface area contributed by atoms with Crippen molar-refractivity contribution in [2.45, 2.75) is 13.8 Å². The average Bonchev–Trinajstić information content (AvgIpc) is 1.61. The Balaban J connectivity index is 2.71. The molecular weight excluding hydrogens is 72.1 g/mol. The van der Waals surface area contributed by atoms with Crippen LogP contribution in [0, 0.1) is 6.08 Å². The highest BCUT2D eigenvalue weighted by Crippen LogP contribution is 2.13. The molecule has 0 aromatic carbocycles. The Morgan fingerprint density at radius 1 is 1.50 bits per heavy atom. The first-order chi connectivity index (χ1) is 2.80. The monoisotopic (exact) mass is 79.1 g/mol. The van der Waals surface area contributed by atoms with E-state index in [0.717, 1.165) is 0 Å². The predicted molar refractivity (Wildman–Crippen MR) is 26.2 cm³/mol. The van der Waals surface area contributed by atoms with Gasteiger partial charge in [0.15, 0.2) is 0 Å². The first-order valence-corrected chi connectivity index (χ1v) is 2.08. The van der Waals surface area contributed by atoms with Crippen LogP contribution >= 0.6 is 0 Å². The molecule has 0 fully saturated rings. The molecule has 0 aromatic rings. The summed E-state index contributed by atoms with van der Waals surface area (Å²) in [5.41, 5.74) is 2.67. The van der Waals surface area contributed by atoms with Crippen molar-refractivity contribution >= 4 is 0 Å². The predicted octanol–water partition coefficient (Wildman–Crippen LogP) is 1.70. The number of hydrogen-bond donors (Lipinski definition) is 0. The van der Waals surface area contributed by atoms with Gasteiger partial charge in [0.1, 0.15) is 0 Å². The molecule has 0 unspecified atom stereocenters. The van der Waals surface area contributed by atoms with Crippen LogP contribution in [0.3, 0.4) is 0 Å². The van der Waals surface area contributed by atoms with Gasteiger partial charge in [-0.05, 0) is 0 Å². The van der Waals surface area contributed by atoms with Crippen LogP contribution in [0.15, 0.2) is 17.2 Å². The zero-order valence-electron chi connectivity index (χ0n) is 4.08. The van der Waals surface area contributed by atoms with Crippen LogP contribution in [0.1, 0.15) is 13.8 Å². The van der Waals surface area contributed by atoms with Gasteiger partial charge in [0.25, 0.3) is 0 Å². The lowest BCUT2D eigenvalue weighted by atomic mass is 10.0. The molecule has 0 heteroatoms. The molecule has 0 N–H and O–H groups in total. The van der Waals surface area contributed by atoms with Gasteiger partial charge in [0.2, 0.25) is 0 Å². The van der Waals surface area contributed by atoms with E-state index < -0.39 is 0 Å². The molecule has 1 rings (SSSR count). The second-order valence-corrected chi connectivity index (χ2v) is 1.60. The Morgan fingerprint density at radius 2 is 2.00 bits per heavy atom. The summed E-state index contributed by atoms with van der Waals surface area (Å²) in [6, 6.07) is 0. The molecule has 32 valence electrons. The Hall–Kier alpha value is -0.520. The van der Waals surface area contributed by atoms with Crippen molar-refractivity contribution in [2.75, 3.05) is 0 Å². The fraction of sp³-hybridized carbons (Fsp3) is 0.333. The minimum absolute atomic E-state index is 1.30. The van der Waals surface area contributed by atoms with Gasteiger partial charge in [0, 0.05) is 0 Å². The lowest BCUT2D eigenvalue weighted by Crippen LogP contribution is -1.85. The summed E-state index contributed by atoms with van der Waals surface area (Å²) in [6.07, 6.45) is 5.01. The maximum atomic E-state index is 3.01. The van der Waals surface area contributed by atoms with Crippen molar-refractivity contribution in [3.8, 4) is 0 Å². The van der Waals surface area contributed by atoms with Crippen molar-refractivity contribution in [3.63, 3.8) is 0 Å². The van der Waals surface area contributed by atoms with Gasteiger partial charge < -0.3 is 0 Å². The molecule has 0 aromatic heterocycles. The first-order valence-electron chi connectivity index (χ1n) is 2.08. The fourth-order valence-corrected chi connectivity index (χ4v) is 0.361. The third-order valence-corrected chi connectivity index (χ3v) is 1.10. The molecule has 0 heterocycles. The smallest absolute Gasteiger partial charge is 0.0627 e. The van der Waals surface area contributed by atoms with Gasteiger partial charge >= 0.3 is 0 Å². The summed E-state index contributed by atoms with van der Waals surface area (Å²) in [5, 5.41) is 0. The van der Waals surface area contributed by atoms with Crippen LogP contribution in [0.4, 0.5) is 0 Å². The zero-order valence-corrected chi connectivity index (χ0v) is 4.08. The van der Waals surface area contributed by atoms with Crippen LogP contribution in [-0.4, -0.2) is 0 Å². The molecule has 0 nitrogen and oxygen atoms in total. The molecule has 0 saturated carbocycles. The number of rotatable bonds is 0. The minimum atomic E-state index is 1.30. The lowest BCUT2D eigenvalue weighted by Gasteiger charge is -2.14. The molecule has 6 heavy (non-hydrogen) atoms. The van der Waals surface area contributed by atoms with Gasteiger partial charge in [-0.1, -0.05) is 13.8 Å². The summed E-state index contributed by atoms with van der Waals surface area (Å²) in [6.45, 7) is 4.15. The normalized spacial score (nSPS) is 18.3. The van der Waals surface area contributed by atoms with Crippen molar-refractivity contribution < 1.29 is 0 Å². The van der Waals surface area contributed by atoms with E-state index in [1.54, 1.807) is 0 Å². The topological polar surface area (TPSA) is 0 Å². The molecule has 0 spiro atoms. The van der Waals surface area contributed by atoms with Crippen LogP contribution in [0.5, 0.6) is 0 Å². The van der Waals surface area contributed by atoms with Crippen LogP contribution < -0.4 is 0 Å². The Morgan fingerprint density at radius 3 is 2.00 bits per heavy atom. The van der Waals surface area contributed by atoms with E-state index in [-0.39, 0.29) is 0 Å². The molecular formula is C6H7-. The molecule has 0 aliphatic heterocycles. The van der Waals surface area contributed by atoms with E-state index in [4.69, 9.17) is 0 Å². The average molecular weight is 79.1 g/mol. The SMILES string of the molecule is CC1=C(C)C=[C-]1. The maximum absolute atomic E-state index is 3.01. The standard InChI is InChI=1S/C6H7/c1-5-3-4-6(5)2/h3H,1-2H3/q-1. The Bertz CT molecular complexity index is 102. The molecule has 1 aliphatic rings. The summed E-state index contributed by atoms with van der Waals surface area (Å²) in [7, 11) is 0. The minimum Gasteiger partial charge on any atom is -0.180 e. The van der Waals surface area contributed by atoms with Crippen molar-refractivity contribution in [3.05, 3.63) is 23.3 Å². The molecule has 0 saturated heterocycles. The Kier molecular flexibility index (Phi) is 0.592. The summed E-state index contributed by atoms with van der Waals surface area (Å²) >= 11 is 0. The first kappa shape index (κ1) is 3.66. The van der Waals surface area contributed by atoms with Gasteiger partial charge in [-0.3, -0.25) is 0 Å². The van der Waals surface area contributed by atoms with Gasteiger partial charge in [-0.15, -0.1) is 0 Å². The number of hydrogen-bond acceptors (Lipinski definition) is 0. The summed E-state index contributed by atoms with van der Waals surface area (Å²) in [4.78, 5) is 0. The molecule has 0 bridgehead atoms. The highest BCUT2D eigenvalue weighted by molar-refractivity contribution is 5.36. The third-order valence-electron chi connectivity index (χ3n) is 1.10. The van der Waals surface area contributed by atoms with E-state index in [1.807, 2.05) is 6.08 Å².